The van der Waals surface area contributed by atoms with Gasteiger partial charge in [0.05, 0.1) is 4.47 Å². The third-order valence-corrected chi connectivity index (χ3v) is 6.61. The third kappa shape index (κ3) is 7.95. The molecule has 36 heavy (non-hydrogen) atoms. The number of amides is 2. The van der Waals surface area contributed by atoms with E-state index in [2.05, 4.69) is 35.1 Å². The maximum Gasteiger partial charge on any atom is 0.261 e. The lowest BCUT2D eigenvalue weighted by atomic mass is 10.0. The minimum Gasteiger partial charge on any atom is -0.483 e. The lowest BCUT2D eigenvalue weighted by Crippen LogP contribution is -2.51. The summed E-state index contributed by atoms with van der Waals surface area (Å²) in [5.41, 5.74) is 3.13. The molecule has 3 rings (SSSR count). The molecule has 0 heterocycles. The SMILES string of the molecule is CCCNC(=O)C(Cc1ccccc1)N(Cc1ccccc1)C(=O)COc1ccc(C(C)C)cc1Br. The van der Waals surface area contributed by atoms with E-state index < -0.39 is 6.04 Å². The van der Waals surface area contributed by atoms with Crippen LogP contribution in [0.5, 0.6) is 5.75 Å². The van der Waals surface area contributed by atoms with Crippen molar-refractivity contribution < 1.29 is 14.3 Å². The highest BCUT2D eigenvalue weighted by Crippen LogP contribution is 2.29. The molecule has 0 aliphatic rings. The van der Waals surface area contributed by atoms with E-state index in [4.69, 9.17) is 4.74 Å². The summed E-state index contributed by atoms with van der Waals surface area (Å²) < 4.78 is 6.75. The Bertz CT molecular complexity index is 1120. The molecule has 0 aliphatic carbocycles. The number of carbonyl (C=O) groups is 2. The molecule has 3 aromatic rings. The van der Waals surface area contributed by atoms with Gasteiger partial charge in [-0.25, -0.2) is 0 Å². The van der Waals surface area contributed by atoms with E-state index in [1.165, 1.54) is 5.56 Å². The normalized spacial score (nSPS) is 11.7. The Hall–Kier alpha value is -3.12. The van der Waals surface area contributed by atoms with Gasteiger partial charge >= 0.3 is 0 Å². The predicted molar refractivity (Wildman–Crippen MR) is 148 cm³/mol. The molecule has 1 atom stereocenters. The van der Waals surface area contributed by atoms with E-state index in [1.54, 1.807) is 4.90 Å². The number of benzene rings is 3. The Labute approximate surface area is 223 Å². The molecule has 0 bridgehead atoms. The van der Waals surface area contributed by atoms with E-state index in [-0.39, 0.29) is 18.4 Å². The van der Waals surface area contributed by atoms with Gasteiger partial charge in [-0.05, 0) is 57.1 Å². The summed E-state index contributed by atoms with van der Waals surface area (Å²) in [4.78, 5) is 28.6. The van der Waals surface area contributed by atoms with Crippen LogP contribution in [0.15, 0.2) is 83.3 Å². The van der Waals surface area contributed by atoms with Crippen molar-refractivity contribution in [1.29, 1.82) is 0 Å². The molecule has 1 unspecified atom stereocenters. The van der Waals surface area contributed by atoms with Gasteiger partial charge in [-0.2, -0.15) is 0 Å². The molecule has 0 spiro atoms. The quantitative estimate of drug-likeness (QED) is 0.295. The molecule has 3 aromatic carbocycles. The van der Waals surface area contributed by atoms with Gasteiger partial charge in [-0.3, -0.25) is 9.59 Å². The van der Waals surface area contributed by atoms with E-state index in [0.29, 0.717) is 31.2 Å². The number of nitrogens with zero attached hydrogens (tertiary/aromatic N) is 1. The summed E-state index contributed by atoms with van der Waals surface area (Å²) in [6.07, 6.45) is 1.24. The average Bonchev–Trinajstić information content (AvgIpc) is 2.89. The fourth-order valence-electron chi connectivity index (χ4n) is 3.92. The molecule has 0 saturated heterocycles. The summed E-state index contributed by atoms with van der Waals surface area (Å²) in [5.74, 6) is 0.583. The second kappa shape index (κ2) is 13.8. The Balaban J connectivity index is 1.86. The van der Waals surface area contributed by atoms with Gasteiger partial charge in [0.2, 0.25) is 5.91 Å². The van der Waals surface area contributed by atoms with Crippen molar-refractivity contribution in [1.82, 2.24) is 10.2 Å². The van der Waals surface area contributed by atoms with Crippen LogP contribution in [0.1, 0.15) is 49.8 Å². The van der Waals surface area contributed by atoms with Crippen LogP contribution in [0, 0.1) is 0 Å². The maximum absolute atomic E-state index is 13.6. The van der Waals surface area contributed by atoms with Crippen molar-refractivity contribution in [3.63, 3.8) is 0 Å². The fourth-order valence-corrected chi connectivity index (χ4v) is 4.43. The van der Waals surface area contributed by atoms with Crippen molar-refractivity contribution in [2.75, 3.05) is 13.2 Å². The number of carbonyl (C=O) groups excluding carboxylic acids is 2. The number of rotatable bonds is 12. The first-order valence-corrected chi connectivity index (χ1v) is 13.3. The molecule has 0 aliphatic heterocycles. The van der Waals surface area contributed by atoms with Gasteiger partial charge in [-0.1, -0.05) is 87.5 Å². The monoisotopic (exact) mass is 550 g/mol. The molecule has 190 valence electrons. The van der Waals surface area contributed by atoms with Crippen molar-refractivity contribution in [2.45, 2.75) is 52.1 Å². The van der Waals surface area contributed by atoms with E-state index in [0.717, 1.165) is 22.0 Å². The molecule has 2 amide bonds. The molecule has 0 radical (unpaired) electrons. The van der Waals surface area contributed by atoms with Gasteiger partial charge < -0.3 is 15.0 Å². The maximum atomic E-state index is 13.6. The Morgan fingerprint density at radius 1 is 0.944 bits per heavy atom. The second-order valence-electron chi connectivity index (χ2n) is 9.14. The van der Waals surface area contributed by atoms with Crippen LogP contribution in [0.25, 0.3) is 0 Å². The Kier molecular flexibility index (Phi) is 10.6. The zero-order chi connectivity index (χ0) is 25.9. The molecule has 5 nitrogen and oxygen atoms in total. The van der Waals surface area contributed by atoms with Crippen LogP contribution in [0.3, 0.4) is 0 Å². The summed E-state index contributed by atoms with van der Waals surface area (Å²) in [6, 6.07) is 24.8. The van der Waals surface area contributed by atoms with Crippen LogP contribution in [-0.4, -0.2) is 35.9 Å². The summed E-state index contributed by atoms with van der Waals surface area (Å²) in [6.45, 7) is 6.97. The van der Waals surface area contributed by atoms with E-state index >= 15 is 0 Å². The lowest BCUT2D eigenvalue weighted by Gasteiger charge is -2.31. The third-order valence-electron chi connectivity index (χ3n) is 5.99. The first-order chi connectivity index (χ1) is 17.4. The second-order valence-corrected chi connectivity index (χ2v) is 9.99. The predicted octanol–water partition coefficient (Wildman–Crippen LogP) is 6.12. The van der Waals surface area contributed by atoms with Crippen molar-refractivity contribution >= 4 is 27.7 Å². The number of ether oxygens (including phenoxy) is 1. The van der Waals surface area contributed by atoms with Crippen LogP contribution >= 0.6 is 15.9 Å². The van der Waals surface area contributed by atoms with Crippen LogP contribution in [0.4, 0.5) is 0 Å². The van der Waals surface area contributed by atoms with Gasteiger partial charge in [0, 0.05) is 19.5 Å². The number of halogens is 1. The highest BCUT2D eigenvalue weighted by Gasteiger charge is 2.30. The van der Waals surface area contributed by atoms with Gasteiger partial charge in [0.15, 0.2) is 6.61 Å². The molecule has 0 fully saturated rings. The smallest absolute Gasteiger partial charge is 0.261 e. The number of nitrogens with one attached hydrogen (secondary N) is 1. The van der Waals surface area contributed by atoms with Crippen molar-refractivity contribution in [2.24, 2.45) is 0 Å². The molecule has 1 N–H and O–H groups in total. The lowest BCUT2D eigenvalue weighted by molar-refractivity contribution is -0.142. The van der Waals surface area contributed by atoms with E-state index in [9.17, 15) is 9.59 Å². The fraction of sp³-hybridized carbons (Fsp3) is 0.333. The first kappa shape index (κ1) is 27.5. The van der Waals surface area contributed by atoms with Crippen molar-refractivity contribution in [3.05, 3.63) is 100 Å². The molecule has 0 aromatic heterocycles. The largest absolute Gasteiger partial charge is 0.483 e. The van der Waals surface area contributed by atoms with E-state index in [1.807, 2.05) is 85.8 Å². The zero-order valence-electron chi connectivity index (χ0n) is 21.2. The van der Waals surface area contributed by atoms with Crippen LogP contribution in [-0.2, 0) is 22.6 Å². The molecule has 0 saturated carbocycles. The number of hydrogen-bond acceptors (Lipinski definition) is 3. The minimum atomic E-state index is -0.665. The minimum absolute atomic E-state index is 0.160. The standard InChI is InChI=1S/C30H35BrN2O3/c1-4-17-32-30(35)27(18-23-11-7-5-8-12-23)33(20-24-13-9-6-10-14-24)29(34)21-36-28-16-15-25(22(2)3)19-26(28)31/h5-16,19,22,27H,4,17-18,20-21H2,1-3H3,(H,32,35). The average molecular weight is 552 g/mol. The molecular weight excluding hydrogens is 516 g/mol. The molecular formula is C30H35BrN2O3. The summed E-state index contributed by atoms with van der Waals surface area (Å²) in [7, 11) is 0. The Morgan fingerprint density at radius 2 is 1.58 bits per heavy atom. The van der Waals surface area contributed by atoms with Crippen LogP contribution < -0.4 is 10.1 Å². The summed E-state index contributed by atoms with van der Waals surface area (Å²) >= 11 is 3.57. The first-order valence-electron chi connectivity index (χ1n) is 12.5. The zero-order valence-corrected chi connectivity index (χ0v) is 22.8. The highest BCUT2D eigenvalue weighted by atomic mass is 79.9. The van der Waals surface area contributed by atoms with Crippen LogP contribution in [0.2, 0.25) is 0 Å². The Morgan fingerprint density at radius 3 is 2.17 bits per heavy atom. The highest BCUT2D eigenvalue weighted by molar-refractivity contribution is 9.10. The molecule has 6 heteroatoms. The van der Waals surface area contributed by atoms with Gasteiger partial charge in [-0.15, -0.1) is 0 Å². The number of hydrogen-bond donors (Lipinski definition) is 1. The van der Waals surface area contributed by atoms with Crippen molar-refractivity contribution in [3.8, 4) is 5.75 Å². The van der Waals surface area contributed by atoms with Gasteiger partial charge in [0.25, 0.3) is 5.91 Å². The topological polar surface area (TPSA) is 58.6 Å². The van der Waals surface area contributed by atoms with Gasteiger partial charge in [0.1, 0.15) is 11.8 Å². The summed E-state index contributed by atoms with van der Waals surface area (Å²) in [5, 5.41) is 2.99.